The van der Waals surface area contributed by atoms with Crippen molar-refractivity contribution in [2.24, 2.45) is 34.5 Å². The van der Waals surface area contributed by atoms with Crippen LogP contribution in [0, 0.1) is 34.5 Å². The van der Waals surface area contributed by atoms with E-state index < -0.39 is 0 Å². The molecule has 5 heteroatoms. The number of ether oxygens (including phenoxy) is 1. The van der Waals surface area contributed by atoms with Crippen molar-refractivity contribution in [3.8, 4) is 0 Å². The van der Waals surface area contributed by atoms with E-state index in [9.17, 15) is 9.59 Å². The van der Waals surface area contributed by atoms with Crippen LogP contribution in [-0.2, 0) is 14.3 Å². The number of nitrogens with zero attached hydrogens (tertiary/aromatic N) is 1. The van der Waals surface area contributed by atoms with Crippen LogP contribution in [0.1, 0.15) is 90.9 Å². The minimum Gasteiger partial charge on any atom is -0.465 e. The molecule has 3 aliphatic carbocycles. The van der Waals surface area contributed by atoms with Crippen molar-refractivity contribution in [3.63, 3.8) is 0 Å². The van der Waals surface area contributed by atoms with E-state index in [0.29, 0.717) is 36.3 Å². The quantitative estimate of drug-likeness (QED) is 0.248. The van der Waals surface area contributed by atoms with Gasteiger partial charge in [-0.3, -0.25) is 9.59 Å². The molecule has 4 rings (SSSR count). The number of rotatable bonds is 7. The fourth-order valence-corrected chi connectivity index (χ4v) is 8.74. The fourth-order valence-electron chi connectivity index (χ4n) is 8.34. The van der Waals surface area contributed by atoms with Crippen molar-refractivity contribution >= 4 is 27.8 Å². The summed E-state index contributed by atoms with van der Waals surface area (Å²) in [6.45, 7) is 5.61. The highest BCUT2D eigenvalue weighted by Gasteiger charge is 2.61. The zero-order chi connectivity index (χ0) is 22.2. The third-order valence-corrected chi connectivity index (χ3v) is 10.8. The van der Waals surface area contributed by atoms with Gasteiger partial charge in [-0.2, -0.15) is 0 Å². The normalized spacial score (nSPS) is 42.0. The molecule has 2 unspecified atom stereocenters. The van der Waals surface area contributed by atoms with Gasteiger partial charge in [-0.15, -0.1) is 0 Å². The molecule has 1 aliphatic heterocycles. The van der Waals surface area contributed by atoms with Crippen LogP contribution in [0.2, 0.25) is 0 Å². The van der Waals surface area contributed by atoms with Crippen LogP contribution in [0.4, 0.5) is 0 Å². The van der Waals surface area contributed by atoms with E-state index in [1.54, 1.807) is 0 Å². The van der Waals surface area contributed by atoms with E-state index in [-0.39, 0.29) is 11.4 Å². The first-order chi connectivity index (χ1) is 14.8. The summed E-state index contributed by atoms with van der Waals surface area (Å²) in [5, 5.41) is 1.01. The number of unbranched alkanes of at least 4 members (excludes halogenated alkanes) is 2. The molecule has 1 saturated heterocycles. The number of carbonyl (C=O) groups is 2. The van der Waals surface area contributed by atoms with Crippen molar-refractivity contribution in [3.05, 3.63) is 0 Å². The molecule has 0 aromatic rings. The first-order valence-electron chi connectivity index (χ1n) is 12.8. The number of esters is 1. The van der Waals surface area contributed by atoms with Gasteiger partial charge in [-0.1, -0.05) is 36.2 Å². The first kappa shape index (κ1) is 23.6. The predicted molar refractivity (Wildman–Crippen MR) is 127 cm³/mol. The van der Waals surface area contributed by atoms with Crippen LogP contribution in [-0.4, -0.2) is 41.8 Å². The fraction of sp³-hybridized carbons (Fsp3) is 0.923. The Morgan fingerprint density at radius 1 is 1.03 bits per heavy atom. The summed E-state index contributed by atoms with van der Waals surface area (Å²) >= 11 is 3.45. The molecule has 0 bridgehead atoms. The standard InChI is InChI=1S/C26H42BrNO3/c1-25-14-12-21-19(9-11-22-26(21,2)15-13-23(29)28(22)3)20(25)10-8-18(25)17-31-24(30)7-5-4-6-16-27/h18-22H,4-17H2,1-3H3/t18?,19-,20-,21+,22?,25+,26+/m0/s1. The van der Waals surface area contributed by atoms with Crippen molar-refractivity contribution < 1.29 is 14.3 Å². The molecule has 1 heterocycles. The van der Waals surface area contributed by atoms with Gasteiger partial charge in [0.05, 0.1) is 6.61 Å². The summed E-state index contributed by atoms with van der Waals surface area (Å²) < 4.78 is 5.79. The summed E-state index contributed by atoms with van der Waals surface area (Å²) in [6, 6.07) is 0.432. The van der Waals surface area contributed by atoms with Crippen molar-refractivity contribution in [1.29, 1.82) is 0 Å². The van der Waals surface area contributed by atoms with Gasteiger partial charge in [-0.25, -0.2) is 0 Å². The second-order valence-corrected chi connectivity index (χ2v) is 12.3. The third kappa shape index (κ3) is 4.22. The number of hydrogen-bond acceptors (Lipinski definition) is 3. The molecule has 4 aliphatic rings. The molecule has 0 aromatic heterocycles. The summed E-state index contributed by atoms with van der Waals surface area (Å²) in [5.74, 6) is 3.15. The van der Waals surface area contributed by atoms with E-state index >= 15 is 0 Å². The molecule has 176 valence electrons. The largest absolute Gasteiger partial charge is 0.465 e. The summed E-state index contributed by atoms with van der Waals surface area (Å²) in [6.07, 6.45) is 13.0. The van der Waals surface area contributed by atoms with Crippen LogP contribution >= 0.6 is 15.9 Å². The smallest absolute Gasteiger partial charge is 0.305 e. The number of fused-ring (bicyclic) bond motifs is 5. The van der Waals surface area contributed by atoms with E-state index in [0.717, 1.165) is 55.2 Å². The van der Waals surface area contributed by atoms with Crippen LogP contribution < -0.4 is 0 Å². The van der Waals surface area contributed by atoms with Gasteiger partial charge < -0.3 is 9.64 Å². The Kier molecular flexibility index (Phi) is 7.11. The van der Waals surface area contributed by atoms with Gasteiger partial charge in [0, 0.05) is 31.3 Å². The molecule has 0 aromatic carbocycles. The minimum absolute atomic E-state index is 0.00163. The second kappa shape index (κ2) is 9.35. The predicted octanol–water partition coefficient (Wildman–Crippen LogP) is 5.96. The summed E-state index contributed by atoms with van der Waals surface area (Å²) in [4.78, 5) is 26.7. The van der Waals surface area contributed by atoms with E-state index in [2.05, 4.69) is 34.7 Å². The number of amides is 1. The average molecular weight is 497 g/mol. The van der Waals surface area contributed by atoms with E-state index in [1.807, 2.05) is 7.05 Å². The van der Waals surface area contributed by atoms with Gasteiger partial charge in [0.25, 0.3) is 0 Å². The minimum atomic E-state index is -0.00163. The highest BCUT2D eigenvalue weighted by Crippen LogP contribution is 2.66. The molecule has 7 atom stereocenters. The molecular formula is C26H42BrNO3. The lowest BCUT2D eigenvalue weighted by atomic mass is 9.47. The molecule has 0 spiro atoms. The van der Waals surface area contributed by atoms with Crippen molar-refractivity contribution in [1.82, 2.24) is 4.90 Å². The monoisotopic (exact) mass is 495 g/mol. The van der Waals surface area contributed by atoms with Crippen LogP contribution in [0.3, 0.4) is 0 Å². The first-order valence-corrected chi connectivity index (χ1v) is 13.9. The molecule has 4 nitrogen and oxygen atoms in total. The highest BCUT2D eigenvalue weighted by atomic mass is 79.9. The molecule has 4 fully saturated rings. The molecule has 1 amide bonds. The van der Waals surface area contributed by atoms with Crippen LogP contribution in [0.25, 0.3) is 0 Å². The topological polar surface area (TPSA) is 46.6 Å². The lowest BCUT2D eigenvalue weighted by Gasteiger charge is -2.61. The number of halogens is 1. The van der Waals surface area contributed by atoms with Crippen LogP contribution in [0.15, 0.2) is 0 Å². The maximum Gasteiger partial charge on any atom is 0.305 e. The van der Waals surface area contributed by atoms with Crippen molar-refractivity contribution in [2.45, 2.75) is 96.9 Å². The number of likely N-dealkylation sites (tertiary alicyclic amines) is 1. The zero-order valence-electron chi connectivity index (χ0n) is 19.8. The Morgan fingerprint density at radius 2 is 1.81 bits per heavy atom. The molecule has 0 N–H and O–H groups in total. The SMILES string of the molecule is CN1C(=O)CC[C@@]2(C)C1CC[C@@H]1[C@H]2CC[C@]2(C)C(COC(=O)CCCCCBr)CC[C@@H]12. The summed E-state index contributed by atoms with van der Waals surface area (Å²) in [7, 11) is 2.04. The highest BCUT2D eigenvalue weighted by molar-refractivity contribution is 9.09. The Morgan fingerprint density at radius 3 is 2.58 bits per heavy atom. The Hall–Kier alpha value is -0.580. The lowest BCUT2D eigenvalue weighted by molar-refractivity contribution is -0.160. The van der Waals surface area contributed by atoms with Crippen LogP contribution in [0.5, 0.6) is 0 Å². The lowest BCUT2D eigenvalue weighted by Crippen LogP contribution is -2.61. The number of hydrogen-bond donors (Lipinski definition) is 0. The molecule has 3 saturated carbocycles. The second-order valence-electron chi connectivity index (χ2n) is 11.5. The number of alkyl halides is 1. The van der Waals surface area contributed by atoms with Gasteiger partial charge in [-0.05, 0) is 92.3 Å². The van der Waals surface area contributed by atoms with Gasteiger partial charge in [0.1, 0.15) is 0 Å². The van der Waals surface area contributed by atoms with Gasteiger partial charge in [0.2, 0.25) is 5.91 Å². The average Bonchev–Trinajstić information content (AvgIpc) is 3.09. The molecular weight excluding hydrogens is 454 g/mol. The Labute approximate surface area is 197 Å². The maximum atomic E-state index is 12.3. The molecule has 31 heavy (non-hydrogen) atoms. The van der Waals surface area contributed by atoms with E-state index in [1.165, 1.54) is 38.5 Å². The Bertz CT molecular complexity index is 684. The number of carbonyl (C=O) groups excluding carboxylic acids is 2. The van der Waals surface area contributed by atoms with E-state index in [4.69, 9.17) is 4.74 Å². The summed E-state index contributed by atoms with van der Waals surface area (Å²) in [5.41, 5.74) is 0.601. The van der Waals surface area contributed by atoms with Gasteiger partial charge >= 0.3 is 5.97 Å². The van der Waals surface area contributed by atoms with Gasteiger partial charge in [0.15, 0.2) is 0 Å². The van der Waals surface area contributed by atoms with Crippen molar-refractivity contribution in [2.75, 3.05) is 19.0 Å². The number of piperidine rings is 1. The zero-order valence-corrected chi connectivity index (χ0v) is 21.4. The maximum absolute atomic E-state index is 12.3. The molecule has 0 radical (unpaired) electrons. The Balaban J connectivity index is 1.38. The third-order valence-electron chi connectivity index (χ3n) is 10.2.